The highest BCUT2D eigenvalue weighted by Gasteiger charge is 2.19. The summed E-state index contributed by atoms with van der Waals surface area (Å²) in [6.07, 6.45) is 69.9. The maximum absolute atomic E-state index is 12.8. The van der Waals surface area contributed by atoms with E-state index in [1.807, 2.05) is 0 Å². The molecule has 6 heteroatoms. The molecular formula is C60H102O6. The van der Waals surface area contributed by atoms with Crippen LogP contribution in [0.5, 0.6) is 0 Å². The van der Waals surface area contributed by atoms with Gasteiger partial charge >= 0.3 is 17.9 Å². The van der Waals surface area contributed by atoms with Crippen molar-refractivity contribution in [3.05, 3.63) is 85.1 Å². The van der Waals surface area contributed by atoms with Crippen LogP contribution in [0.4, 0.5) is 0 Å². The highest BCUT2D eigenvalue weighted by molar-refractivity contribution is 5.71. The molecular weight excluding hydrogens is 817 g/mol. The molecule has 0 aromatic heterocycles. The van der Waals surface area contributed by atoms with Gasteiger partial charge in [-0.3, -0.25) is 14.4 Å². The van der Waals surface area contributed by atoms with E-state index < -0.39 is 6.10 Å². The van der Waals surface area contributed by atoms with Crippen LogP contribution in [0.1, 0.15) is 258 Å². The number of unbranched alkanes of at least 4 members (excludes halogenated alkanes) is 24. The summed E-state index contributed by atoms with van der Waals surface area (Å²) in [6.45, 7) is 6.48. The van der Waals surface area contributed by atoms with Gasteiger partial charge in [0.15, 0.2) is 6.10 Å². The average Bonchev–Trinajstić information content (AvgIpc) is 3.31. The van der Waals surface area contributed by atoms with Crippen LogP contribution in [0.3, 0.4) is 0 Å². The summed E-state index contributed by atoms with van der Waals surface area (Å²) in [6, 6.07) is 0. The van der Waals surface area contributed by atoms with Gasteiger partial charge in [0.2, 0.25) is 0 Å². The molecule has 0 aromatic rings. The zero-order valence-corrected chi connectivity index (χ0v) is 43.2. The average molecular weight is 919 g/mol. The fourth-order valence-electron chi connectivity index (χ4n) is 7.50. The van der Waals surface area contributed by atoms with Crippen molar-refractivity contribution in [1.82, 2.24) is 0 Å². The maximum Gasteiger partial charge on any atom is 0.306 e. The zero-order valence-electron chi connectivity index (χ0n) is 43.2. The topological polar surface area (TPSA) is 78.9 Å². The predicted molar refractivity (Wildman–Crippen MR) is 284 cm³/mol. The molecule has 0 rings (SSSR count). The molecule has 0 bridgehead atoms. The standard InChI is InChI=1S/C60H102O6/c1-4-7-10-13-16-19-22-25-26-27-28-29-30-31-32-33-34-36-38-41-44-47-50-53-59(62)65-56-57(55-64-58(61)52-49-46-43-40-37-24-21-18-15-12-9-6-3)66-60(63)54-51-48-45-42-39-35-23-20-17-14-11-8-5-2/h7,10,16,19-20,23,25-26,28-29,31-32,34,36,57H,4-6,8-9,11-15,17-18,21-22,24,27,30,33,35,37-56H2,1-3H3/b10-7-,19-16-,23-20-,26-25-,29-28-,32-31-,36-34-. The van der Waals surface area contributed by atoms with Crippen molar-refractivity contribution < 1.29 is 28.6 Å². The molecule has 66 heavy (non-hydrogen) atoms. The highest BCUT2D eigenvalue weighted by Crippen LogP contribution is 2.15. The van der Waals surface area contributed by atoms with Crippen molar-refractivity contribution >= 4 is 17.9 Å². The first-order valence-electron chi connectivity index (χ1n) is 27.6. The molecule has 0 saturated carbocycles. The molecule has 0 amide bonds. The van der Waals surface area contributed by atoms with Crippen LogP contribution in [-0.2, 0) is 28.6 Å². The quantitative estimate of drug-likeness (QED) is 0.0262. The Balaban J connectivity index is 4.38. The molecule has 0 radical (unpaired) electrons. The minimum Gasteiger partial charge on any atom is -0.462 e. The Bertz CT molecular complexity index is 1290. The number of carbonyl (C=O) groups excluding carboxylic acids is 3. The van der Waals surface area contributed by atoms with Gasteiger partial charge in [-0.2, -0.15) is 0 Å². The van der Waals surface area contributed by atoms with Gasteiger partial charge in [0.1, 0.15) is 13.2 Å². The van der Waals surface area contributed by atoms with Crippen molar-refractivity contribution in [3.8, 4) is 0 Å². The van der Waals surface area contributed by atoms with Crippen LogP contribution >= 0.6 is 0 Å². The third-order valence-corrected chi connectivity index (χ3v) is 11.6. The molecule has 0 aromatic carbocycles. The highest BCUT2D eigenvalue weighted by atomic mass is 16.6. The van der Waals surface area contributed by atoms with E-state index in [1.165, 1.54) is 96.3 Å². The molecule has 1 atom stereocenters. The summed E-state index contributed by atoms with van der Waals surface area (Å²) in [5, 5.41) is 0. The maximum atomic E-state index is 12.8. The Labute approximate surface area is 407 Å². The first-order chi connectivity index (χ1) is 32.5. The van der Waals surface area contributed by atoms with Crippen molar-refractivity contribution in [2.45, 2.75) is 264 Å². The van der Waals surface area contributed by atoms with Gasteiger partial charge < -0.3 is 14.2 Å². The van der Waals surface area contributed by atoms with Crippen molar-refractivity contribution in [2.75, 3.05) is 13.2 Å². The van der Waals surface area contributed by atoms with Crippen molar-refractivity contribution in [2.24, 2.45) is 0 Å². The second-order valence-electron chi connectivity index (χ2n) is 18.1. The number of hydrogen-bond donors (Lipinski definition) is 0. The van der Waals surface area contributed by atoms with Gasteiger partial charge in [0.25, 0.3) is 0 Å². The van der Waals surface area contributed by atoms with E-state index in [1.54, 1.807) is 0 Å². The van der Waals surface area contributed by atoms with Gasteiger partial charge in [-0.15, -0.1) is 0 Å². The smallest absolute Gasteiger partial charge is 0.306 e. The molecule has 0 heterocycles. The van der Waals surface area contributed by atoms with E-state index in [-0.39, 0.29) is 31.1 Å². The predicted octanol–water partition coefficient (Wildman–Crippen LogP) is 18.4. The monoisotopic (exact) mass is 919 g/mol. The Morgan fingerprint density at radius 3 is 0.955 bits per heavy atom. The van der Waals surface area contributed by atoms with Crippen LogP contribution in [0.2, 0.25) is 0 Å². The number of ether oxygens (including phenoxy) is 3. The Hall–Kier alpha value is -3.41. The second-order valence-corrected chi connectivity index (χ2v) is 18.1. The lowest BCUT2D eigenvalue weighted by Gasteiger charge is -2.18. The summed E-state index contributed by atoms with van der Waals surface area (Å²) in [4.78, 5) is 38.0. The number of allylic oxidation sites excluding steroid dienone is 14. The number of rotatable bonds is 49. The van der Waals surface area contributed by atoms with E-state index in [2.05, 4.69) is 106 Å². The van der Waals surface area contributed by atoms with Gasteiger partial charge in [0.05, 0.1) is 0 Å². The molecule has 0 spiro atoms. The first kappa shape index (κ1) is 62.6. The molecule has 1 unspecified atom stereocenters. The largest absolute Gasteiger partial charge is 0.462 e. The van der Waals surface area contributed by atoms with Crippen LogP contribution in [0.25, 0.3) is 0 Å². The van der Waals surface area contributed by atoms with Crippen LogP contribution in [-0.4, -0.2) is 37.2 Å². The summed E-state index contributed by atoms with van der Waals surface area (Å²) in [5.74, 6) is -0.919. The third-order valence-electron chi connectivity index (χ3n) is 11.6. The lowest BCUT2D eigenvalue weighted by Crippen LogP contribution is -2.30. The van der Waals surface area contributed by atoms with E-state index in [4.69, 9.17) is 14.2 Å². The van der Waals surface area contributed by atoms with Gasteiger partial charge in [-0.25, -0.2) is 0 Å². The van der Waals surface area contributed by atoms with Crippen LogP contribution in [0, 0.1) is 0 Å². The molecule has 0 fully saturated rings. The van der Waals surface area contributed by atoms with Gasteiger partial charge in [0, 0.05) is 19.3 Å². The zero-order chi connectivity index (χ0) is 47.9. The fourth-order valence-corrected chi connectivity index (χ4v) is 7.50. The van der Waals surface area contributed by atoms with Crippen molar-refractivity contribution in [1.29, 1.82) is 0 Å². The third kappa shape index (κ3) is 51.6. The minimum atomic E-state index is -0.789. The summed E-state index contributed by atoms with van der Waals surface area (Å²) in [7, 11) is 0. The normalized spacial score (nSPS) is 12.7. The summed E-state index contributed by atoms with van der Waals surface area (Å²) in [5.41, 5.74) is 0. The molecule has 0 aliphatic carbocycles. The molecule has 0 aliphatic rings. The number of hydrogen-bond acceptors (Lipinski definition) is 6. The fraction of sp³-hybridized carbons (Fsp3) is 0.717. The van der Waals surface area contributed by atoms with Gasteiger partial charge in [-0.05, 0) is 96.3 Å². The number of carbonyl (C=O) groups is 3. The van der Waals surface area contributed by atoms with Crippen LogP contribution in [0.15, 0.2) is 85.1 Å². The van der Waals surface area contributed by atoms with E-state index in [0.717, 1.165) is 122 Å². The van der Waals surface area contributed by atoms with E-state index in [0.29, 0.717) is 19.3 Å². The molecule has 378 valence electrons. The van der Waals surface area contributed by atoms with Crippen molar-refractivity contribution in [3.63, 3.8) is 0 Å². The molecule has 0 N–H and O–H groups in total. The molecule has 6 nitrogen and oxygen atoms in total. The Morgan fingerprint density at radius 2 is 0.591 bits per heavy atom. The lowest BCUT2D eigenvalue weighted by molar-refractivity contribution is -0.167. The van der Waals surface area contributed by atoms with E-state index in [9.17, 15) is 14.4 Å². The summed E-state index contributed by atoms with van der Waals surface area (Å²) >= 11 is 0. The molecule has 0 aliphatic heterocycles. The van der Waals surface area contributed by atoms with Crippen LogP contribution < -0.4 is 0 Å². The van der Waals surface area contributed by atoms with E-state index >= 15 is 0 Å². The second kappa shape index (κ2) is 54.2. The first-order valence-corrected chi connectivity index (χ1v) is 27.6. The number of esters is 3. The Morgan fingerprint density at radius 1 is 0.318 bits per heavy atom. The lowest BCUT2D eigenvalue weighted by atomic mass is 10.0. The molecule has 0 saturated heterocycles. The van der Waals surface area contributed by atoms with Gasteiger partial charge in [-0.1, -0.05) is 228 Å². The minimum absolute atomic E-state index is 0.0865. The Kier molecular flexibility index (Phi) is 51.4. The SMILES string of the molecule is CC/C=C\C/C=C\C/C=C\C/C=C\C/C=C\C/C=C\CCCCCCC(=O)OCC(COC(=O)CCCCCCCCCCCCCC)OC(=O)CCCCCCC/C=C\CCCCCC. The summed E-state index contributed by atoms with van der Waals surface area (Å²) < 4.78 is 16.8.